The van der Waals surface area contributed by atoms with E-state index < -0.39 is 0 Å². The summed E-state index contributed by atoms with van der Waals surface area (Å²) < 4.78 is 4.33. The molecule has 3 nitrogen and oxygen atoms in total. The molecule has 0 atom stereocenters. The Hall–Kier alpha value is -0.550. The zero-order valence-electron chi connectivity index (χ0n) is 10.3. The molecule has 98 valence electrons. The Morgan fingerprint density at radius 3 is 2.78 bits per heavy atom. The zero-order valence-corrected chi connectivity index (χ0v) is 13.5. The third-order valence-electron chi connectivity index (χ3n) is 3.17. The van der Waals surface area contributed by atoms with E-state index in [0.29, 0.717) is 9.80 Å². The van der Waals surface area contributed by atoms with Gasteiger partial charge in [-0.2, -0.15) is 0 Å². The van der Waals surface area contributed by atoms with E-state index in [-0.39, 0.29) is 5.56 Å². The van der Waals surface area contributed by atoms with Gasteiger partial charge in [-0.15, -0.1) is 0 Å². The second-order valence-corrected chi connectivity index (χ2v) is 5.69. The summed E-state index contributed by atoms with van der Waals surface area (Å²) in [5.74, 6) is 0. The molecule has 1 aliphatic carbocycles. The van der Waals surface area contributed by atoms with Gasteiger partial charge < -0.3 is 0 Å². The molecule has 0 saturated heterocycles. The van der Waals surface area contributed by atoms with E-state index in [0.717, 1.165) is 37.1 Å². The molecule has 0 aliphatic heterocycles. The molecule has 0 aromatic carbocycles. The van der Waals surface area contributed by atoms with Gasteiger partial charge in [0.05, 0.1) is 5.69 Å². The molecule has 0 radical (unpaired) electrons. The quantitative estimate of drug-likeness (QED) is 0.570. The number of halogens is 2. The van der Waals surface area contributed by atoms with Gasteiger partial charge >= 0.3 is 0 Å². The number of aromatic nitrogens is 2. The standard InChI is InChI=1S/C13H16Br2N2O/c1-16-11(9-14)12(15)13(18)17(16)10-7-5-3-2-4-6-8-10/h3,5,8H,2,4,6-7,9H2,1H3/b5-3-,10-8+. The van der Waals surface area contributed by atoms with Gasteiger partial charge in [0.1, 0.15) is 4.47 Å². The van der Waals surface area contributed by atoms with Crippen LogP contribution in [-0.4, -0.2) is 9.36 Å². The monoisotopic (exact) mass is 374 g/mol. The smallest absolute Gasteiger partial charge is 0.283 e. The normalized spacial score (nSPS) is 20.9. The summed E-state index contributed by atoms with van der Waals surface area (Å²) in [5.41, 5.74) is 2.05. The molecule has 0 spiro atoms. The maximum Gasteiger partial charge on any atom is 0.285 e. The molecule has 2 rings (SSSR count). The summed E-state index contributed by atoms with van der Waals surface area (Å²) in [6.07, 6.45) is 10.6. The highest BCUT2D eigenvalue weighted by Crippen LogP contribution is 2.21. The Morgan fingerprint density at radius 2 is 2.11 bits per heavy atom. The lowest BCUT2D eigenvalue weighted by atomic mass is 10.1. The Morgan fingerprint density at radius 1 is 1.33 bits per heavy atom. The fraction of sp³-hybridized carbons (Fsp3) is 0.462. The minimum atomic E-state index is 0.0205. The second-order valence-electron chi connectivity index (χ2n) is 4.34. The fourth-order valence-electron chi connectivity index (χ4n) is 2.17. The first-order chi connectivity index (χ1) is 8.66. The van der Waals surface area contributed by atoms with Crippen molar-refractivity contribution < 1.29 is 0 Å². The van der Waals surface area contributed by atoms with E-state index in [9.17, 15) is 4.79 Å². The molecule has 1 aromatic heterocycles. The van der Waals surface area contributed by atoms with Crippen molar-refractivity contribution in [3.63, 3.8) is 0 Å². The van der Waals surface area contributed by atoms with E-state index >= 15 is 0 Å². The van der Waals surface area contributed by atoms with Gasteiger partial charge in [-0.3, -0.25) is 9.48 Å². The molecule has 1 aromatic rings. The van der Waals surface area contributed by atoms with E-state index in [1.807, 2.05) is 11.7 Å². The van der Waals surface area contributed by atoms with Crippen LogP contribution in [0.25, 0.3) is 5.70 Å². The van der Waals surface area contributed by atoms with Crippen LogP contribution in [0.4, 0.5) is 0 Å². The second kappa shape index (κ2) is 6.06. The highest BCUT2D eigenvalue weighted by molar-refractivity contribution is 9.10. The minimum absolute atomic E-state index is 0.0205. The van der Waals surface area contributed by atoms with Crippen molar-refractivity contribution in [3.8, 4) is 0 Å². The Balaban J connectivity index is 2.50. The summed E-state index contributed by atoms with van der Waals surface area (Å²) in [5, 5.41) is 0.662. The first-order valence-corrected chi connectivity index (χ1v) is 7.95. The number of alkyl halides is 1. The van der Waals surface area contributed by atoms with Crippen LogP contribution in [0.5, 0.6) is 0 Å². The SMILES string of the molecule is Cn1c(CBr)c(Br)c(=O)n1/C1=C/CCC/C=C\C1. The predicted molar refractivity (Wildman–Crippen MR) is 81.9 cm³/mol. The van der Waals surface area contributed by atoms with Crippen molar-refractivity contribution >= 4 is 37.6 Å². The largest absolute Gasteiger partial charge is 0.285 e. The molecule has 0 amide bonds. The number of nitrogens with zero attached hydrogens (tertiary/aromatic N) is 2. The molecule has 1 aliphatic rings. The van der Waals surface area contributed by atoms with Crippen molar-refractivity contribution in [1.29, 1.82) is 0 Å². The molecule has 5 heteroatoms. The molecule has 0 fully saturated rings. The van der Waals surface area contributed by atoms with Crippen molar-refractivity contribution in [1.82, 2.24) is 9.36 Å². The number of hydrogen-bond acceptors (Lipinski definition) is 1. The number of rotatable bonds is 2. The number of allylic oxidation sites excluding steroid dienone is 4. The predicted octanol–water partition coefficient (Wildman–Crippen LogP) is 3.82. The summed E-state index contributed by atoms with van der Waals surface area (Å²) in [7, 11) is 1.92. The summed E-state index contributed by atoms with van der Waals surface area (Å²) in [6, 6.07) is 0. The van der Waals surface area contributed by atoms with Crippen LogP contribution >= 0.6 is 31.9 Å². The zero-order chi connectivity index (χ0) is 13.1. The lowest BCUT2D eigenvalue weighted by Gasteiger charge is -2.13. The molecule has 0 N–H and O–H groups in total. The van der Waals surface area contributed by atoms with Gasteiger partial charge in [-0.25, -0.2) is 4.68 Å². The van der Waals surface area contributed by atoms with Gasteiger partial charge in [0.2, 0.25) is 0 Å². The van der Waals surface area contributed by atoms with Crippen molar-refractivity contribution in [2.75, 3.05) is 0 Å². The summed E-state index contributed by atoms with van der Waals surface area (Å²) >= 11 is 6.81. The molecule has 0 saturated carbocycles. The van der Waals surface area contributed by atoms with Gasteiger partial charge in [0, 0.05) is 24.5 Å². The molecule has 1 heterocycles. The lowest BCUT2D eigenvalue weighted by Crippen LogP contribution is -2.21. The van der Waals surface area contributed by atoms with E-state index in [1.54, 1.807) is 4.68 Å². The van der Waals surface area contributed by atoms with Crippen LogP contribution in [0.3, 0.4) is 0 Å². The van der Waals surface area contributed by atoms with Crippen LogP contribution in [0, 0.1) is 0 Å². The number of hydrogen-bond donors (Lipinski definition) is 0. The highest BCUT2D eigenvalue weighted by Gasteiger charge is 2.16. The van der Waals surface area contributed by atoms with Crippen molar-refractivity contribution in [3.05, 3.63) is 38.7 Å². The van der Waals surface area contributed by atoms with E-state index in [1.165, 1.54) is 0 Å². The maximum absolute atomic E-state index is 12.3. The van der Waals surface area contributed by atoms with Crippen LogP contribution in [0.15, 0.2) is 27.5 Å². The van der Waals surface area contributed by atoms with Crippen molar-refractivity contribution in [2.24, 2.45) is 7.05 Å². The summed E-state index contributed by atoms with van der Waals surface area (Å²) in [6.45, 7) is 0. The Bertz CT molecular complexity index is 552. The van der Waals surface area contributed by atoms with Gasteiger partial charge in [0.15, 0.2) is 0 Å². The minimum Gasteiger partial charge on any atom is -0.283 e. The van der Waals surface area contributed by atoms with Crippen molar-refractivity contribution in [2.45, 2.75) is 31.0 Å². The average Bonchev–Trinajstić information content (AvgIpc) is 2.52. The molecule has 0 bridgehead atoms. The molecule has 0 unspecified atom stereocenters. The molecular formula is C13H16Br2N2O. The fourth-order valence-corrected chi connectivity index (χ4v) is 3.75. The third kappa shape index (κ3) is 2.57. The van der Waals surface area contributed by atoms with E-state index in [4.69, 9.17) is 0 Å². The van der Waals surface area contributed by atoms with Gasteiger partial charge in [-0.1, -0.05) is 34.2 Å². The molecular weight excluding hydrogens is 360 g/mol. The Labute approximate surface area is 123 Å². The van der Waals surface area contributed by atoms with Crippen LogP contribution < -0.4 is 5.56 Å². The average molecular weight is 376 g/mol. The van der Waals surface area contributed by atoms with Crippen LogP contribution in [-0.2, 0) is 12.4 Å². The van der Waals surface area contributed by atoms with Crippen LogP contribution in [0.1, 0.15) is 31.4 Å². The Kier molecular flexibility index (Phi) is 4.67. The first kappa shape index (κ1) is 13.9. The maximum atomic E-state index is 12.3. The highest BCUT2D eigenvalue weighted by atomic mass is 79.9. The molecule has 18 heavy (non-hydrogen) atoms. The van der Waals surface area contributed by atoms with Gasteiger partial charge in [-0.05, 0) is 35.2 Å². The first-order valence-electron chi connectivity index (χ1n) is 6.03. The third-order valence-corrected chi connectivity index (χ3v) is 4.50. The van der Waals surface area contributed by atoms with Gasteiger partial charge in [0.25, 0.3) is 5.56 Å². The topological polar surface area (TPSA) is 26.9 Å². The lowest BCUT2D eigenvalue weighted by molar-refractivity contribution is 0.628. The van der Waals surface area contributed by atoms with E-state index in [2.05, 4.69) is 50.1 Å². The summed E-state index contributed by atoms with van der Waals surface area (Å²) in [4.78, 5) is 12.3. The van der Waals surface area contributed by atoms with Crippen LogP contribution in [0.2, 0.25) is 0 Å².